The van der Waals surface area contributed by atoms with Gasteiger partial charge in [0.2, 0.25) is 5.91 Å². The summed E-state index contributed by atoms with van der Waals surface area (Å²) in [6, 6.07) is 0. The van der Waals surface area contributed by atoms with Crippen molar-refractivity contribution in [1.29, 1.82) is 0 Å². The van der Waals surface area contributed by atoms with Crippen LogP contribution >= 0.6 is 0 Å². The molecular weight excluding hydrogens is 342 g/mol. The smallest absolute Gasteiger partial charge is 0.223 e. The number of aryl methyl sites for hydroxylation is 2. The summed E-state index contributed by atoms with van der Waals surface area (Å²) in [6.45, 7) is 5.98. The molecule has 0 saturated heterocycles. The van der Waals surface area contributed by atoms with E-state index in [9.17, 15) is 4.79 Å². The summed E-state index contributed by atoms with van der Waals surface area (Å²) < 4.78 is 2.31. The third-order valence-electron chi connectivity index (χ3n) is 5.02. The molecule has 1 aromatic heterocycles. The van der Waals surface area contributed by atoms with Crippen molar-refractivity contribution in [3.63, 3.8) is 0 Å². The maximum Gasteiger partial charge on any atom is 0.223 e. The second-order valence-corrected chi connectivity index (χ2v) is 7.35. The van der Waals surface area contributed by atoms with Crippen molar-refractivity contribution < 1.29 is 4.79 Å². The van der Waals surface area contributed by atoms with Crippen molar-refractivity contribution in [3.05, 3.63) is 11.6 Å². The number of aromatic nitrogens is 3. The normalized spacial score (nSPS) is 17.1. The summed E-state index contributed by atoms with van der Waals surface area (Å²) in [5.41, 5.74) is 0. The van der Waals surface area contributed by atoms with Crippen LogP contribution in [-0.2, 0) is 24.2 Å². The minimum Gasteiger partial charge on any atom is -0.357 e. The maximum atomic E-state index is 11.6. The molecule has 0 unspecified atom stereocenters. The lowest BCUT2D eigenvalue weighted by molar-refractivity contribution is -0.122. The van der Waals surface area contributed by atoms with Crippen molar-refractivity contribution in [1.82, 2.24) is 30.7 Å². The maximum absolute atomic E-state index is 11.6. The molecule has 1 aliphatic heterocycles. The fourth-order valence-electron chi connectivity index (χ4n) is 3.36. The van der Waals surface area contributed by atoms with Gasteiger partial charge in [0.15, 0.2) is 5.96 Å². The van der Waals surface area contributed by atoms with Crippen LogP contribution in [0.15, 0.2) is 4.99 Å². The van der Waals surface area contributed by atoms with Crippen LogP contribution in [0.3, 0.4) is 0 Å². The van der Waals surface area contributed by atoms with E-state index in [0.29, 0.717) is 13.1 Å². The highest BCUT2D eigenvalue weighted by atomic mass is 16.2. The molecule has 27 heavy (non-hydrogen) atoms. The Kier molecular flexibility index (Phi) is 7.47. The molecule has 2 heterocycles. The number of rotatable bonds is 9. The van der Waals surface area contributed by atoms with Crippen LogP contribution in [0.4, 0.5) is 0 Å². The lowest BCUT2D eigenvalue weighted by atomic mass is 10.2. The van der Waals surface area contributed by atoms with Crippen molar-refractivity contribution in [2.75, 3.05) is 26.2 Å². The predicted octanol–water partition coefficient (Wildman–Crippen LogP) is 1.02. The first kappa shape index (κ1) is 19.6. The van der Waals surface area contributed by atoms with Crippen molar-refractivity contribution >= 4 is 11.9 Å². The summed E-state index contributed by atoms with van der Waals surface area (Å²) in [4.78, 5) is 16.3. The second-order valence-electron chi connectivity index (χ2n) is 7.35. The molecule has 0 spiro atoms. The molecule has 1 aromatic rings. The first-order valence-electron chi connectivity index (χ1n) is 10.5. The number of fused-ring (bicyclic) bond motifs is 1. The number of aliphatic imine (C=N–C) groups is 1. The molecule has 150 valence electrons. The molecule has 3 N–H and O–H groups in total. The van der Waals surface area contributed by atoms with Crippen LogP contribution in [0.5, 0.6) is 0 Å². The van der Waals surface area contributed by atoms with Crippen molar-refractivity contribution in [3.8, 4) is 0 Å². The lowest BCUT2D eigenvalue weighted by Gasteiger charge is -2.12. The fourth-order valence-corrected chi connectivity index (χ4v) is 3.36. The van der Waals surface area contributed by atoms with Crippen LogP contribution in [0.1, 0.15) is 57.1 Å². The summed E-state index contributed by atoms with van der Waals surface area (Å²) in [5.74, 6) is 3.50. The van der Waals surface area contributed by atoms with E-state index in [1.165, 1.54) is 19.3 Å². The van der Waals surface area contributed by atoms with Gasteiger partial charge in [-0.2, -0.15) is 0 Å². The van der Waals surface area contributed by atoms with E-state index in [1.54, 1.807) is 0 Å². The SMILES string of the molecule is CCNC(=NCCCc1nnc2n1CCCCC2)NCCNC(=O)C1CC1. The topological polar surface area (TPSA) is 96.2 Å². The number of hydrogen-bond donors (Lipinski definition) is 3. The largest absolute Gasteiger partial charge is 0.357 e. The number of hydrogen-bond acceptors (Lipinski definition) is 4. The van der Waals surface area contributed by atoms with E-state index in [4.69, 9.17) is 0 Å². The predicted molar refractivity (Wildman–Crippen MR) is 106 cm³/mol. The first-order valence-corrected chi connectivity index (χ1v) is 10.5. The Balaban J connectivity index is 1.38. The number of guanidine groups is 1. The van der Waals surface area contributed by atoms with Crippen molar-refractivity contribution in [2.45, 2.75) is 64.8 Å². The molecule has 3 rings (SSSR count). The molecule has 2 aliphatic rings. The molecule has 1 saturated carbocycles. The molecule has 0 bridgehead atoms. The average Bonchev–Trinajstić information content (AvgIpc) is 3.48. The minimum atomic E-state index is 0.186. The zero-order chi connectivity index (χ0) is 18.9. The van der Waals surface area contributed by atoms with Gasteiger partial charge in [-0.25, -0.2) is 0 Å². The summed E-state index contributed by atoms with van der Waals surface area (Å²) in [5, 5.41) is 18.2. The van der Waals surface area contributed by atoms with Gasteiger partial charge in [0.1, 0.15) is 11.6 Å². The highest BCUT2D eigenvalue weighted by Crippen LogP contribution is 2.28. The Morgan fingerprint density at radius 3 is 2.81 bits per heavy atom. The van der Waals surface area contributed by atoms with Crippen LogP contribution in [0.2, 0.25) is 0 Å². The number of carbonyl (C=O) groups is 1. The van der Waals surface area contributed by atoms with E-state index < -0.39 is 0 Å². The minimum absolute atomic E-state index is 0.186. The number of carbonyl (C=O) groups excluding carboxylic acids is 1. The number of nitrogens with zero attached hydrogens (tertiary/aromatic N) is 4. The zero-order valence-corrected chi connectivity index (χ0v) is 16.5. The third-order valence-corrected chi connectivity index (χ3v) is 5.02. The fraction of sp³-hybridized carbons (Fsp3) is 0.789. The van der Waals surface area contributed by atoms with Crippen LogP contribution in [0.25, 0.3) is 0 Å². The van der Waals surface area contributed by atoms with E-state index in [0.717, 1.165) is 69.3 Å². The Hall–Kier alpha value is -2.12. The zero-order valence-electron chi connectivity index (χ0n) is 16.5. The Morgan fingerprint density at radius 2 is 2.00 bits per heavy atom. The molecule has 8 heteroatoms. The van der Waals surface area contributed by atoms with Crippen LogP contribution < -0.4 is 16.0 Å². The highest BCUT2D eigenvalue weighted by molar-refractivity contribution is 5.81. The van der Waals surface area contributed by atoms with Gasteiger partial charge in [-0.05, 0) is 39.0 Å². The molecule has 1 aliphatic carbocycles. The summed E-state index contributed by atoms with van der Waals surface area (Å²) in [6.07, 6.45) is 8.73. The van der Waals surface area contributed by atoms with Crippen LogP contribution in [0, 0.1) is 5.92 Å². The van der Waals surface area contributed by atoms with Gasteiger partial charge in [0.25, 0.3) is 0 Å². The average molecular weight is 376 g/mol. The molecule has 8 nitrogen and oxygen atoms in total. The Labute approximate surface area is 161 Å². The summed E-state index contributed by atoms with van der Waals surface area (Å²) >= 11 is 0. The van der Waals surface area contributed by atoms with Gasteiger partial charge in [-0.3, -0.25) is 9.79 Å². The monoisotopic (exact) mass is 375 g/mol. The molecule has 0 aromatic carbocycles. The quantitative estimate of drug-likeness (QED) is 0.340. The second kappa shape index (κ2) is 10.3. The van der Waals surface area contributed by atoms with Crippen LogP contribution in [-0.4, -0.2) is 52.8 Å². The molecular formula is C19H33N7O. The van der Waals surface area contributed by atoms with Gasteiger partial charge >= 0.3 is 0 Å². The lowest BCUT2D eigenvalue weighted by Crippen LogP contribution is -2.41. The molecule has 1 fully saturated rings. The molecule has 0 atom stereocenters. The number of amides is 1. The highest BCUT2D eigenvalue weighted by Gasteiger charge is 2.28. The van der Waals surface area contributed by atoms with Gasteiger partial charge in [-0.1, -0.05) is 6.42 Å². The molecule has 1 amide bonds. The standard InChI is InChI=1S/C19H33N7O/c1-2-20-19(23-13-12-21-18(27)15-9-10-15)22-11-6-8-17-25-24-16-7-4-3-5-14-26(16)17/h15H,2-14H2,1H3,(H,21,27)(H2,20,22,23). The van der Waals surface area contributed by atoms with Gasteiger partial charge < -0.3 is 20.5 Å². The third kappa shape index (κ3) is 6.22. The van der Waals surface area contributed by atoms with Gasteiger partial charge in [-0.15, -0.1) is 10.2 Å². The van der Waals surface area contributed by atoms with E-state index >= 15 is 0 Å². The van der Waals surface area contributed by atoms with Gasteiger partial charge in [0.05, 0.1) is 0 Å². The first-order chi connectivity index (χ1) is 13.3. The Bertz CT molecular complexity index is 636. The van der Waals surface area contributed by atoms with E-state index in [2.05, 4.69) is 42.6 Å². The number of nitrogens with one attached hydrogen (secondary N) is 3. The van der Waals surface area contributed by atoms with Crippen molar-refractivity contribution in [2.24, 2.45) is 10.9 Å². The van der Waals surface area contributed by atoms with Gasteiger partial charge in [0, 0.05) is 51.5 Å². The van der Waals surface area contributed by atoms with E-state index in [1.807, 2.05) is 0 Å². The summed E-state index contributed by atoms with van der Waals surface area (Å²) in [7, 11) is 0. The molecule has 0 radical (unpaired) electrons. The Morgan fingerprint density at radius 1 is 1.15 bits per heavy atom. The van der Waals surface area contributed by atoms with E-state index in [-0.39, 0.29) is 11.8 Å².